The highest BCUT2D eigenvalue weighted by atomic mass is 35.5. The minimum Gasteiger partial charge on any atom is -0.465 e. The molecule has 0 aliphatic heterocycles. The maximum Gasteiger partial charge on any atom is 0.405 e. The van der Waals surface area contributed by atoms with Gasteiger partial charge < -0.3 is 10.4 Å². The first-order valence-electron chi connectivity index (χ1n) is 3.62. The van der Waals surface area contributed by atoms with Gasteiger partial charge in [0.05, 0.1) is 0 Å². The standard InChI is InChI=1S/C7H12ClNO3/c1-4(2)3-5(6(8)10)9-7(11)12/h4-5,9H,3H2,1-2H3,(H,11,12). The van der Waals surface area contributed by atoms with Gasteiger partial charge in [0.25, 0.3) is 0 Å². The van der Waals surface area contributed by atoms with Gasteiger partial charge in [0.2, 0.25) is 5.24 Å². The highest BCUT2D eigenvalue weighted by molar-refractivity contribution is 6.64. The second-order valence-electron chi connectivity index (χ2n) is 2.94. The van der Waals surface area contributed by atoms with E-state index in [0.717, 1.165) is 0 Å². The van der Waals surface area contributed by atoms with Gasteiger partial charge in [-0.3, -0.25) is 4.79 Å². The zero-order valence-electron chi connectivity index (χ0n) is 7.00. The van der Waals surface area contributed by atoms with E-state index >= 15 is 0 Å². The molecule has 0 saturated heterocycles. The largest absolute Gasteiger partial charge is 0.465 e. The van der Waals surface area contributed by atoms with Crippen molar-refractivity contribution in [1.29, 1.82) is 0 Å². The molecule has 0 spiro atoms. The Bertz CT molecular complexity index is 181. The molecule has 1 amide bonds. The van der Waals surface area contributed by atoms with Gasteiger partial charge in [-0.15, -0.1) is 0 Å². The quantitative estimate of drug-likeness (QED) is 0.664. The van der Waals surface area contributed by atoms with Crippen molar-refractivity contribution in [3.63, 3.8) is 0 Å². The van der Waals surface area contributed by atoms with Gasteiger partial charge in [-0.25, -0.2) is 4.79 Å². The first-order valence-corrected chi connectivity index (χ1v) is 4.00. The highest BCUT2D eigenvalue weighted by Crippen LogP contribution is 2.07. The molecule has 0 aromatic rings. The van der Waals surface area contributed by atoms with Crippen LogP contribution in [0.4, 0.5) is 4.79 Å². The van der Waals surface area contributed by atoms with Gasteiger partial charge in [0.1, 0.15) is 6.04 Å². The first-order chi connectivity index (χ1) is 5.43. The van der Waals surface area contributed by atoms with Crippen LogP contribution >= 0.6 is 11.6 Å². The second kappa shape index (κ2) is 4.98. The normalized spacial score (nSPS) is 12.7. The fourth-order valence-corrected chi connectivity index (χ4v) is 0.972. The number of nitrogens with one attached hydrogen (secondary N) is 1. The molecule has 0 fully saturated rings. The van der Waals surface area contributed by atoms with E-state index in [1.807, 2.05) is 19.2 Å². The summed E-state index contributed by atoms with van der Waals surface area (Å²) in [5.41, 5.74) is 0. The van der Waals surface area contributed by atoms with Crippen LogP contribution in [0.2, 0.25) is 0 Å². The first kappa shape index (κ1) is 11.2. The van der Waals surface area contributed by atoms with Gasteiger partial charge in [-0.1, -0.05) is 13.8 Å². The van der Waals surface area contributed by atoms with Crippen LogP contribution in [-0.4, -0.2) is 22.5 Å². The Labute approximate surface area is 75.9 Å². The van der Waals surface area contributed by atoms with Crippen molar-refractivity contribution in [1.82, 2.24) is 5.32 Å². The monoisotopic (exact) mass is 193 g/mol. The summed E-state index contributed by atoms with van der Waals surface area (Å²) < 4.78 is 0. The molecular formula is C7H12ClNO3. The Kier molecular flexibility index (Phi) is 4.66. The molecule has 0 rings (SSSR count). The summed E-state index contributed by atoms with van der Waals surface area (Å²) in [5.74, 6) is 0.226. The van der Waals surface area contributed by atoms with Gasteiger partial charge in [0.15, 0.2) is 0 Å². The predicted octanol–water partition coefficient (Wildman–Crippen LogP) is 1.43. The van der Waals surface area contributed by atoms with E-state index < -0.39 is 17.4 Å². The van der Waals surface area contributed by atoms with Crippen LogP contribution in [0.3, 0.4) is 0 Å². The molecule has 4 nitrogen and oxygen atoms in total. The smallest absolute Gasteiger partial charge is 0.405 e. The summed E-state index contributed by atoms with van der Waals surface area (Å²) in [6.07, 6.45) is -0.802. The number of hydrogen-bond donors (Lipinski definition) is 2. The lowest BCUT2D eigenvalue weighted by molar-refractivity contribution is -0.113. The van der Waals surface area contributed by atoms with Crippen molar-refractivity contribution < 1.29 is 14.7 Å². The average Bonchev–Trinajstić information content (AvgIpc) is 1.83. The second-order valence-corrected chi connectivity index (χ2v) is 3.31. The molecule has 1 unspecified atom stereocenters. The lowest BCUT2D eigenvalue weighted by Gasteiger charge is -2.13. The molecule has 12 heavy (non-hydrogen) atoms. The molecule has 0 aliphatic rings. The summed E-state index contributed by atoms with van der Waals surface area (Å²) >= 11 is 5.17. The van der Waals surface area contributed by atoms with Crippen LogP contribution in [0.15, 0.2) is 0 Å². The molecule has 0 aromatic heterocycles. The third kappa shape index (κ3) is 4.96. The molecule has 0 heterocycles. The van der Waals surface area contributed by atoms with E-state index in [9.17, 15) is 9.59 Å². The summed E-state index contributed by atoms with van der Waals surface area (Å²) in [4.78, 5) is 20.8. The SMILES string of the molecule is CC(C)CC(NC(=O)O)C(=O)Cl. The average molecular weight is 194 g/mol. The molecule has 0 aromatic carbocycles. The minimum atomic E-state index is -1.23. The number of carbonyl (C=O) groups excluding carboxylic acids is 1. The zero-order valence-corrected chi connectivity index (χ0v) is 7.76. The van der Waals surface area contributed by atoms with E-state index in [2.05, 4.69) is 0 Å². The number of carbonyl (C=O) groups is 2. The van der Waals surface area contributed by atoms with E-state index in [4.69, 9.17) is 16.7 Å². The molecule has 70 valence electrons. The topological polar surface area (TPSA) is 66.4 Å². The summed E-state index contributed by atoms with van der Waals surface area (Å²) in [6, 6.07) is -0.788. The van der Waals surface area contributed by atoms with Gasteiger partial charge >= 0.3 is 6.09 Å². The molecule has 5 heteroatoms. The third-order valence-electron chi connectivity index (χ3n) is 1.28. The Morgan fingerprint density at radius 2 is 2.00 bits per heavy atom. The summed E-state index contributed by atoms with van der Waals surface area (Å²) in [6.45, 7) is 3.77. The summed E-state index contributed by atoms with van der Waals surface area (Å²) in [5, 5.41) is 9.71. The number of amides is 1. The fraction of sp³-hybridized carbons (Fsp3) is 0.714. The van der Waals surface area contributed by atoms with Gasteiger partial charge in [-0.2, -0.15) is 0 Å². The Balaban J connectivity index is 4.04. The summed E-state index contributed by atoms with van der Waals surface area (Å²) in [7, 11) is 0. The maximum atomic E-state index is 10.7. The van der Waals surface area contributed by atoms with Crippen molar-refractivity contribution in [2.75, 3.05) is 0 Å². The fourth-order valence-electron chi connectivity index (χ4n) is 0.829. The molecule has 2 N–H and O–H groups in total. The number of halogens is 1. The Morgan fingerprint density at radius 1 is 1.50 bits per heavy atom. The molecule has 0 aliphatic carbocycles. The van der Waals surface area contributed by atoms with E-state index in [0.29, 0.717) is 6.42 Å². The van der Waals surface area contributed by atoms with Crippen molar-refractivity contribution in [2.45, 2.75) is 26.3 Å². The molecule has 0 saturated carbocycles. The lowest BCUT2D eigenvalue weighted by Crippen LogP contribution is -2.38. The number of rotatable bonds is 4. The van der Waals surface area contributed by atoms with Crippen molar-refractivity contribution in [3.05, 3.63) is 0 Å². The van der Waals surface area contributed by atoms with Crippen LogP contribution in [0.1, 0.15) is 20.3 Å². The Hall–Kier alpha value is -0.770. The van der Waals surface area contributed by atoms with Gasteiger partial charge in [-0.05, 0) is 23.9 Å². The highest BCUT2D eigenvalue weighted by Gasteiger charge is 2.19. The number of carboxylic acid groups (broad SMARTS) is 1. The molecular weight excluding hydrogens is 182 g/mol. The third-order valence-corrected chi connectivity index (χ3v) is 1.54. The lowest BCUT2D eigenvalue weighted by atomic mass is 10.1. The van der Waals surface area contributed by atoms with E-state index in [-0.39, 0.29) is 5.92 Å². The predicted molar refractivity (Wildman–Crippen MR) is 45.3 cm³/mol. The molecule has 0 radical (unpaired) electrons. The Morgan fingerprint density at radius 3 is 2.25 bits per heavy atom. The van der Waals surface area contributed by atoms with Crippen LogP contribution in [0.25, 0.3) is 0 Å². The van der Waals surface area contributed by atoms with Gasteiger partial charge in [0, 0.05) is 0 Å². The van der Waals surface area contributed by atoms with Crippen molar-refractivity contribution in [2.24, 2.45) is 5.92 Å². The minimum absolute atomic E-state index is 0.226. The number of hydrogen-bond acceptors (Lipinski definition) is 2. The van der Waals surface area contributed by atoms with Crippen LogP contribution < -0.4 is 5.32 Å². The van der Waals surface area contributed by atoms with Crippen LogP contribution in [0, 0.1) is 5.92 Å². The maximum absolute atomic E-state index is 10.7. The van der Waals surface area contributed by atoms with Crippen LogP contribution in [0.5, 0.6) is 0 Å². The van der Waals surface area contributed by atoms with E-state index in [1.165, 1.54) is 0 Å². The zero-order chi connectivity index (χ0) is 9.72. The van der Waals surface area contributed by atoms with Crippen molar-refractivity contribution in [3.8, 4) is 0 Å². The molecule has 1 atom stereocenters. The van der Waals surface area contributed by atoms with Crippen LogP contribution in [-0.2, 0) is 4.79 Å². The molecule has 0 bridgehead atoms. The van der Waals surface area contributed by atoms with Crippen molar-refractivity contribution >= 4 is 22.9 Å². The van der Waals surface area contributed by atoms with E-state index in [1.54, 1.807) is 0 Å².